The van der Waals surface area contributed by atoms with E-state index in [0.717, 1.165) is 0 Å². The number of nitrogens with one attached hydrogen (secondary N) is 4. The zero-order valence-corrected chi connectivity index (χ0v) is 15.7. The van der Waals surface area contributed by atoms with Crippen molar-refractivity contribution in [2.45, 2.75) is 26.2 Å². The SMILES string of the molecule is CCc1[nH]c(=O)c(C2=C(F)CCC(Cl)=C2)cc1Nc1ccnc2[nH][nH]c(=O)c12. The van der Waals surface area contributed by atoms with Gasteiger partial charge >= 0.3 is 0 Å². The fraction of sp³-hybridized carbons (Fsp3) is 0.211. The minimum atomic E-state index is -0.394. The maximum atomic E-state index is 14.4. The number of allylic oxidation sites excluding steroid dienone is 4. The first kappa shape index (κ1) is 18.2. The molecular weight excluding hydrogens is 385 g/mol. The smallest absolute Gasteiger partial charge is 0.275 e. The van der Waals surface area contributed by atoms with Gasteiger partial charge in [-0.1, -0.05) is 18.5 Å². The minimum absolute atomic E-state index is 0.159. The van der Waals surface area contributed by atoms with E-state index in [4.69, 9.17) is 11.6 Å². The van der Waals surface area contributed by atoms with Crippen LogP contribution in [-0.4, -0.2) is 20.2 Å². The Labute approximate surface area is 163 Å². The maximum Gasteiger partial charge on any atom is 0.275 e. The molecule has 0 aromatic carbocycles. The van der Waals surface area contributed by atoms with Gasteiger partial charge in [-0.15, -0.1) is 0 Å². The Hall–Kier alpha value is -3.13. The van der Waals surface area contributed by atoms with E-state index >= 15 is 0 Å². The quantitative estimate of drug-likeness (QED) is 0.532. The second-order valence-electron chi connectivity index (χ2n) is 6.45. The average Bonchev–Trinajstić information content (AvgIpc) is 3.07. The number of halogens is 2. The van der Waals surface area contributed by atoms with Gasteiger partial charge in [0.1, 0.15) is 11.2 Å². The molecule has 0 fully saturated rings. The van der Waals surface area contributed by atoms with Crippen molar-refractivity contribution in [2.24, 2.45) is 0 Å². The number of pyridine rings is 2. The molecule has 0 spiro atoms. The summed E-state index contributed by atoms with van der Waals surface area (Å²) in [5.74, 6) is -0.376. The van der Waals surface area contributed by atoms with E-state index in [9.17, 15) is 14.0 Å². The Morgan fingerprint density at radius 3 is 2.82 bits per heavy atom. The van der Waals surface area contributed by atoms with Crippen LogP contribution in [0.5, 0.6) is 0 Å². The van der Waals surface area contributed by atoms with Gasteiger partial charge in [-0.05, 0) is 31.1 Å². The summed E-state index contributed by atoms with van der Waals surface area (Å²) < 4.78 is 14.4. The number of nitrogens with zero attached hydrogens (tertiary/aromatic N) is 1. The molecular formula is C19H17ClFN5O2. The lowest BCUT2D eigenvalue weighted by atomic mass is 9.98. The zero-order valence-electron chi connectivity index (χ0n) is 15.0. The van der Waals surface area contributed by atoms with E-state index in [2.05, 4.69) is 25.5 Å². The van der Waals surface area contributed by atoms with Gasteiger partial charge in [0, 0.05) is 28.9 Å². The van der Waals surface area contributed by atoms with E-state index in [0.29, 0.717) is 46.0 Å². The van der Waals surface area contributed by atoms with E-state index in [1.165, 1.54) is 6.08 Å². The van der Waals surface area contributed by atoms with Gasteiger partial charge in [-0.25, -0.2) is 9.37 Å². The van der Waals surface area contributed by atoms with Crippen molar-refractivity contribution in [1.29, 1.82) is 0 Å². The highest BCUT2D eigenvalue weighted by Gasteiger charge is 2.19. The molecule has 1 aliphatic carbocycles. The molecule has 4 rings (SSSR count). The summed E-state index contributed by atoms with van der Waals surface area (Å²) in [6.45, 7) is 1.89. The summed E-state index contributed by atoms with van der Waals surface area (Å²) in [6, 6.07) is 3.25. The molecule has 0 saturated heterocycles. The zero-order chi connectivity index (χ0) is 19.8. The molecule has 4 N–H and O–H groups in total. The van der Waals surface area contributed by atoms with E-state index in [1.54, 1.807) is 18.3 Å². The molecule has 0 bridgehead atoms. The molecule has 0 atom stereocenters. The maximum absolute atomic E-state index is 14.4. The van der Waals surface area contributed by atoms with Crippen molar-refractivity contribution in [3.05, 3.63) is 67.2 Å². The third-order valence-corrected chi connectivity index (χ3v) is 4.98. The van der Waals surface area contributed by atoms with Crippen LogP contribution in [0.25, 0.3) is 16.6 Å². The summed E-state index contributed by atoms with van der Waals surface area (Å²) in [5, 5.41) is 9.23. The lowest BCUT2D eigenvalue weighted by Gasteiger charge is -2.16. The predicted octanol–water partition coefficient (Wildman–Crippen LogP) is 3.84. The van der Waals surface area contributed by atoms with Crippen LogP contribution in [-0.2, 0) is 6.42 Å². The Balaban J connectivity index is 1.86. The number of anilines is 2. The number of H-pyrrole nitrogens is 3. The standard InChI is InChI=1S/C19H17ClFN5O2/c1-2-13-15(23-14-5-6-22-17-16(14)19(28)26-25-17)8-11(18(27)24-13)10-7-9(20)3-4-12(10)21/h5-8H,2-4H2,1H3,(H,24,27)(H3,22,23,25,26,28). The molecule has 3 aromatic rings. The van der Waals surface area contributed by atoms with Crippen LogP contribution >= 0.6 is 11.6 Å². The molecule has 0 amide bonds. The normalized spacial score (nSPS) is 14.5. The van der Waals surface area contributed by atoms with Gasteiger partial charge in [0.15, 0.2) is 5.65 Å². The largest absolute Gasteiger partial charge is 0.353 e. The van der Waals surface area contributed by atoms with Crippen molar-refractivity contribution in [2.75, 3.05) is 5.32 Å². The Morgan fingerprint density at radius 2 is 2.04 bits per heavy atom. The Morgan fingerprint density at radius 1 is 1.21 bits per heavy atom. The highest BCUT2D eigenvalue weighted by molar-refractivity contribution is 6.30. The first-order chi connectivity index (χ1) is 13.5. The summed E-state index contributed by atoms with van der Waals surface area (Å²) >= 11 is 6.06. The molecule has 3 heterocycles. The third-order valence-electron chi connectivity index (χ3n) is 4.68. The number of hydrogen-bond donors (Lipinski definition) is 4. The summed E-state index contributed by atoms with van der Waals surface area (Å²) in [4.78, 5) is 31.6. The average molecular weight is 402 g/mol. The highest BCUT2D eigenvalue weighted by atomic mass is 35.5. The number of aryl methyl sites for hydroxylation is 1. The van der Waals surface area contributed by atoms with Crippen LogP contribution in [0, 0.1) is 0 Å². The number of aromatic amines is 3. The second-order valence-corrected chi connectivity index (χ2v) is 6.94. The van der Waals surface area contributed by atoms with Gasteiger partial charge in [-0.2, -0.15) is 0 Å². The lowest BCUT2D eigenvalue weighted by Crippen LogP contribution is -2.17. The van der Waals surface area contributed by atoms with Crippen molar-refractivity contribution in [3.8, 4) is 0 Å². The molecule has 3 aromatic heterocycles. The first-order valence-corrected chi connectivity index (χ1v) is 9.19. The molecule has 0 aliphatic heterocycles. The molecule has 0 saturated carbocycles. The Kier molecular flexibility index (Phi) is 4.64. The third kappa shape index (κ3) is 3.16. The molecule has 0 unspecified atom stereocenters. The fourth-order valence-electron chi connectivity index (χ4n) is 3.27. The number of aromatic nitrogens is 4. The van der Waals surface area contributed by atoms with Crippen LogP contribution in [0.15, 0.2) is 44.9 Å². The predicted molar refractivity (Wildman–Crippen MR) is 108 cm³/mol. The van der Waals surface area contributed by atoms with Crippen LogP contribution in [0.2, 0.25) is 0 Å². The Bertz CT molecular complexity index is 1250. The van der Waals surface area contributed by atoms with Crippen LogP contribution in [0.1, 0.15) is 31.0 Å². The fourth-order valence-corrected chi connectivity index (χ4v) is 3.47. The number of fused-ring (bicyclic) bond motifs is 1. The van der Waals surface area contributed by atoms with Crippen molar-refractivity contribution in [3.63, 3.8) is 0 Å². The molecule has 9 heteroatoms. The topological polar surface area (TPSA) is 106 Å². The van der Waals surface area contributed by atoms with Crippen LogP contribution in [0.4, 0.5) is 15.8 Å². The van der Waals surface area contributed by atoms with Crippen LogP contribution < -0.4 is 16.4 Å². The van der Waals surface area contributed by atoms with E-state index in [-0.39, 0.29) is 28.9 Å². The van der Waals surface area contributed by atoms with Gasteiger partial charge < -0.3 is 10.3 Å². The molecule has 28 heavy (non-hydrogen) atoms. The minimum Gasteiger partial charge on any atom is -0.353 e. The monoisotopic (exact) mass is 401 g/mol. The van der Waals surface area contributed by atoms with Crippen molar-refractivity contribution in [1.82, 2.24) is 20.2 Å². The number of rotatable bonds is 4. The van der Waals surface area contributed by atoms with Gasteiger partial charge in [0.25, 0.3) is 11.1 Å². The highest BCUT2D eigenvalue weighted by Crippen LogP contribution is 2.33. The van der Waals surface area contributed by atoms with E-state index in [1.807, 2.05) is 6.92 Å². The summed E-state index contributed by atoms with van der Waals surface area (Å²) in [6.07, 6.45) is 4.15. The van der Waals surface area contributed by atoms with Gasteiger partial charge in [0.2, 0.25) is 0 Å². The van der Waals surface area contributed by atoms with E-state index < -0.39 is 5.56 Å². The van der Waals surface area contributed by atoms with Crippen molar-refractivity contribution >= 4 is 39.6 Å². The number of hydrogen-bond acceptors (Lipinski definition) is 4. The van der Waals surface area contributed by atoms with Crippen LogP contribution in [0.3, 0.4) is 0 Å². The van der Waals surface area contributed by atoms with Crippen molar-refractivity contribution < 1.29 is 4.39 Å². The van der Waals surface area contributed by atoms with Gasteiger partial charge in [-0.3, -0.25) is 19.8 Å². The second kappa shape index (κ2) is 7.12. The summed E-state index contributed by atoms with van der Waals surface area (Å²) in [7, 11) is 0. The molecule has 144 valence electrons. The molecule has 1 aliphatic rings. The summed E-state index contributed by atoms with van der Waals surface area (Å²) in [5.41, 5.74) is 1.79. The first-order valence-electron chi connectivity index (χ1n) is 8.81. The lowest BCUT2D eigenvalue weighted by molar-refractivity contribution is 0.590. The molecule has 7 nitrogen and oxygen atoms in total. The molecule has 0 radical (unpaired) electrons. The van der Waals surface area contributed by atoms with Gasteiger partial charge in [0.05, 0.1) is 16.9 Å².